The summed E-state index contributed by atoms with van der Waals surface area (Å²) in [7, 11) is 1.64. The van der Waals surface area contributed by atoms with Gasteiger partial charge in [-0.1, -0.05) is 19.9 Å². The molecule has 0 radical (unpaired) electrons. The fourth-order valence-electron chi connectivity index (χ4n) is 2.77. The van der Waals surface area contributed by atoms with Crippen molar-refractivity contribution in [3.05, 3.63) is 23.8 Å². The highest BCUT2D eigenvalue weighted by molar-refractivity contribution is 5.85. The number of methoxy groups -OCH3 is 1. The Labute approximate surface area is 157 Å². The van der Waals surface area contributed by atoms with Gasteiger partial charge in [-0.15, -0.1) is 12.4 Å². The van der Waals surface area contributed by atoms with Crippen molar-refractivity contribution in [1.29, 1.82) is 0 Å². The maximum absolute atomic E-state index is 12.2. The van der Waals surface area contributed by atoms with Crippen LogP contribution < -0.4 is 20.1 Å². The standard InChI is InChI=1S/C19H30N2O3.ClH/c1-13(2)8-10-24-17-6-5-15(11-18(17)23-4)14(3)21-19(22)16-7-9-20-12-16;/h5-6,11,13-14,16,20H,7-10,12H2,1-4H3,(H,21,22);1H. The van der Waals surface area contributed by atoms with E-state index in [1.807, 2.05) is 25.1 Å². The van der Waals surface area contributed by atoms with Gasteiger partial charge in [-0.05, 0) is 49.9 Å². The molecule has 1 saturated heterocycles. The van der Waals surface area contributed by atoms with Crippen LogP contribution in [0.15, 0.2) is 18.2 Å². The van der Waals surface area contributed by atoms with Gasteiger partial charge in [0.25, 0.3) is 0 Å². The van der Waals surface area contributed by atoms with Crippen LogP contribution >= 0.6 is 12.4 Å². The van der Waals surface area contributed by atoms with E-state index in [-0.39, 0.29) is 30.3 Å². The van der Waals surface area contributed by atoms with Gasteiger partial charge in [-0.25, -0.2) is 0 Å². The summed E-state index contributed by atoms with van der Waals surface area (Å²) in [6.07, 6.45) is 1.91. The highest BCUT2D eigenvalue weighted by Crippen LogP contribution is 2.30. The SMILES string of the molecule is COc1cc(C(C)NC(=O)C2CCNC2)ccc1OCCC(C)C.Cl. The molecule has 1 aliphatic heterocycles. The predicted molar refractivity (Wildman–Crippen MR) is 103 cm³/mol. The maximum Gasteiger partial charge on any atom is 0.224 e. The van der Waals surface area contributed by atoms with E-state index in [9.17, 15) is 4.79 Å². The zero-order valence-corrected chi connectivity index (χ0v) is 16.4. The minimum absolute atomic E-state index is 0. The maximum atomic E-state index is 12.2. The third kappa shape index (κ3) is 6.40. The molecule has 1 heterocycles. The number of benzene rings is 1. The summed E-state index contributed by atoms with van der Waals surface area (Å²) in [6.45, 7) is 8.71. The van der Waals surface area contributed by atoms with E-state index < -0.39 is 0 Å². The first-order valence-electron chi connectivity index (χ1n) is 8.83. The number of rotatable bonds is 8. The van der Waals surface area contributed by atoms with Crippen LogP contribution in [0.4, 0.5) is 0 Å². The van der Waals surface area contributed by atoms with Crippen molar-refractivity contribution in [2.75, 3.05) is 26.8 Å². The number of halogens is 1. The molecule has 0 aromatic heterocycles. The molecular weight excluding hydrogens is 340 g/mol. The molecule has 25 heavy (non-hydrogen) atoms. The van der Waals surface area contributed by atoms with Gasteiger partial charge in [0.15, 0.2) is 11.5 Å². The van der Waals surface area contributed by atoms with Crippen molar-refractivity contribution < 1.29 is 14.3 Å². The largest absolute Gasteiger partial charge is 0.493 e. The molecule has 5 nitrogen and oxygen atoms in total. The number of carbonyl (C=O) groups is 1. The lowest BCUT2D eigenvalue weighted by atomic mass is 10.0. The third-order valence-electron chi connectivity index (χ3n) is 4.43. The van der Waals surface area contributed by atoms with Crippen LogP contribution in [0.3, 0.4) is 0 Å². The summed E-state index contributed by atoms with van der Waals surface area (Å²) in [4.78, 5) is 12.2. The van der Waals surface area contributed by atoms with E-state index in [1.165, 1.54) is 0 Å². The van der Waals surface area contributed by atoms with E-state index in [2.05, 4.69) is 24.5 Å². The van der Waals surface area contributed by atoms with Crippen molar-refractivity contribution >= 4 is 18.3 Å². The molecule has 2 unspecified atom stereocenters. The average molecular weight is 371 g/mol. The average Bonchev–Trinajstić information content (AvgIpc) is 3.09. The van der Waals surface area contributed by atoms with Gasteiger partial charge >= 0.3 is 0 Å². The summed E-state index contributed by atoms with van der Waals surface area (Å²) in [5.41, 5.74) is 1.02. The van der Waals surface area contributed by atoms with Gasteiger partial charge in [0.05, 0.1) is 25.7 Å². The lowest BCUT2D eigenvalue weighted by Crippen LogP contribution is -2.33. The van der Waals surface area contributed by atoms with Crippen molar-refractivity contribution in [3.8, 4) is 11.5 Å². The number of hydrogen-bond donors (Lipinski definition) is 2. The molecule has 6 heteroatoms. The number of ether oxygens (including phenoxy) is 2. The molecule has 1 aliphatic rings. The third-order valence-corrected chi connectivity index (χ3v) is 4.43. The molecule has 2 N–H and O–H groups in total. The second kappa shape index (κ2) is 10.5. The normalized spacial score (nSPS) is 17.7. The minimum atomic E-state index is -0.0586. The number of nitrogens with one attached hydrogen (secondary N) is 2. The first-order valence-corrected chi connectivity index (χ1v) is 8.83. The monoisotopic (exact) mass is 370 g/mol. The molecule has 0 aliphatic carbocycles. The summed E-state index contributed by atoms with van der Waals surface area (Å²) < 4.78 is 11.3. The van der Waals surface area contributed by atoms with Gasteiger partial charge < -0.3 is 20.1 Å². The number of hydrogen-bond acceptors (Lipinski definition) is 4. The lowest BCUT2D eigenvalue weighted by molar-refractivity contribution is -0.125. The Morgan fingerprint density at radius 2 is 2.08 bits per heavy atom. The van der Waals surface area contributed by atoms with Crippen molar-refractivity contribution in [2.45, 2.75) is 39.7 Å². The smallest absolute Gasteiger partial charge is 0.224 e. The molecule has 1 fully saturated rings. The first-order chi connectivity index (χ1) is 11.5. The van der Waals surface area contributed by atoms with Crippen LogP contribution in [0.2, 0.25) is 0 Å². The minimum Gasteiger partial charge on any atom is -0.493 e. The second-order valence-electron chi connectivity index (χ2n) is 6.86. The van der Waals surface area contributed by atoms with E-state index in [1.54, 1.807) is 7.11 Å². The van der Waals surface area contributed by atoms with E-state index in [4.69, 9.17) is 9.47 Å². The topological polar surface area (TPSA) is 59.6 Å². The Bertz CT molecular complexity index is 545. The predicted octanol–water partition coefficient (Wildman–Crippen LogP) is 3.33. The van der Waals surface area contributed by atoms with E-state index in [0.29, 0.717) is 18.3 Å². The molecule has 0 bridgehead atoms. The van der Waals surface area contributed by atoms with Crippen LogP contribution in [-0.2, 0) is 4.79 Å². The summed E-state index contributed by atoms with van der Waals surface area (Å²) in [5, 5.41) is 6.31. The lowest BCUT2D eigenvalue weighted by Gasteiger charge is -2.19. The van der Waals surface area contributed by atoms with Crippen LogP contribution in [0.5, 0.6) is 11.5 Å². The van der Waals surface area contributed by atoms with Crippen LogP contribution in [0.1, 0.15) is 45.2 Å². The van der Waals surface area contributed by atoms with E-state index in [0.717, 1.165) is 37.2 Å². The Kier molecular flexibility index (Phi) is 9.08. The summed E-state index contributed by atoms with van der Waals surface area (Å²) in [5.74, 6) is 2.26. The van der Waals surface area contributed by atoms with Crippen LogP contribution in [-0.4, -0.2) is 32.7 Å². The number of carbonyl (C=O) groups excluding carboxylic acids is 1. The summed E-state index contributed by atoms with van der Waals surface area (Å²) in [6, 6.07) is 5.80. The van der Waals surface area contributed by atoms with Crippen molar-refractivity contribution in [3.63, 3.8) is 0 Å². The Morgan fingerprint density at radius 1 is 1.32 bits per heavy atom. The van der Waals surface area contributed by atoms with Crippen LogP contribution in [0.25, 0.3) is 0 Å². The van der Waals surface area contributed by atoms with E-state index >= 15 is 0 Å². The summed E-state index contributed by atoms with van der Waals surface area (Å²) >= 11 is 0. The molecule has 142 valence electrons. The first kappa shape index (κ1) is 21.6. The molecule has 1 aromatic carbocycles. The molecule has 0 saturated carbocycles. The zero-order valence-electron chi connectivity index (χ0n) is 15.6. The molecule has 1 amide bonds. The quantitative estimate of drug-likeness (QED) is 0.736. The molecular formula is C19H31ClN2O3. The van der Waals surface area contributed by atoms with Crippen LogP contribution in [0, 0.1) is 11.8 Å². The molecule has 2 rings (SSSR count). The van der Waals surface area contributed by atoms with Crippen molar-refractivity contribution in [2.24, 2.45) is 11.8 Å². The molecule has 0 spiro atoms. The fourth-order valence-corrected chi connectivity index (χ4v) is 2.77. The van der Waals surface area contributed by atoms with Gasteiger partial charge in [-0.3, -0.25) is 4.79 Å². The van der Waals surface area contributed by atoms with Gasteiger partial charge in [0.2, 0.25) is 5.91 Å². The Balaban J connectivity index is 0.00000312. The molecule has 2 atom stereocenters. The number of amides is 1. The van der Waals surface area contributed by atoms with Gasteiger partial charge in [0, 0.05) is 6.54 Å². The fraction of sp³-hybridized carbons (Fsp3) is 0.632. The highest BCUT2D eigenvalue weighted by Gasteiger charge is 2.24. The molecule has 1 aromatic rings. The van der Waals surface area contributed by atoms with Gasteiger partial charge in [-0.2, -0.15) is 0 Å². The second-order valence-corrected chi connectivity index (χ2v) is 6.86. The van der Waals surface area contributed by atoms with Crippen molar-refractivity contribution in [1.82, 2.24) is 10.6 Å². The Hall–Kier alpha value is -1.46. The zero-order chi connectivity index (χ0) is 17.5. The highest BCUT2D eigenvalue weighted by atomic mass is 35.5. The van der Waals surface area contributed by atoms with Gasteiger partial charge in [0.1, 0.15) is 0 Å². The Morgan fingerprint density at radius 3 is 2.68 bits per heavy atom.